The zero-order chi connectivity index (χ0) is 21.1. The molecule has 6 nitrogen and oxygen atoms in total. The molecule has 0 bridgehead atoms. The van der Waals surface area contributed by atoms with Crippen molar-refractivity contribution >= 4 is 39.2 Å². The number of nitrogens with zero attached hydrogens (tertiary/aromatic N) is 2. The molecule has 0 spiro atoms. The van der Waals surface area contributed by atoms with Gasteiger partial charge in [0.15, 0.2) is 5.16 Å². The minimum absolute atomic E-state index is 0.119. The molecule has 0 atom stereocenters. The lowest BCUT2D eigenvalue weighted by atomic mass is 9.97. The molecule has 0 fully saturated rings. The van der Waals surface area contributed by atoms with Crippen LogP contribution in [0.2, 0.25) is 0 Å². The molecule has 158 valence electrons. The van der Waals surface area contributed by atoms with Gasteiger partial charge in [-0.15, -0.1) is 11.3 Å². The largest absolute Gasteiger partial charge is 0.383 e. The Balaban J connectivity index is 1.75. The summed E-state index contributed by atoms with van der Waals surface area (Å²) in [5.41, 5.74) is 1.48. The molecule has 1 amide bonds. The second kappa shape index (κ2) is 9.28. The number of rotatable bonds is 7. The first-order valence-corrected chi connectivity index (χ1v) is 11.6. The molecule has 4 rings (SSSR count). The summed E-state index contributed by atoms with van der Waals surface area (Å²) in [6, 6.07) is 5.76. The number of hydrogen-bond acceptors (Lipinski definition) is 6. The maximum atomic E-state index is 13.5. The van der Waals surface area contributed by atoms with Crippen molar-refractivity contribution in [2.24, 2.45) is 0 Å². The lowest BCUT2D eigenvalue weighted by Crippen LogP contribution is -2.29. The van der Waals surface area contributed by atoms with Gasteiger partial charge in [-0.05, 0) is 55.5 Å². The zero-order valence-electron chi connectivity index (χ0n) is 16.6. The van der Waals surface area contributed by atoms with Gasteiger partial charge in [-0.3, -0.25) is 14.2 Å². The van der Waals surface area contributed by atoms with Crippen LogP contribution in [0, 0.1) is 5.82 Å². The number of carbonyl (C=O) groups excluding carboxylic acids is 1. The van der Waals surface area contributed by atoms with E-state index in [2.05, 4.69) is 5.32 Å². The van der Waals surface area contributed by atoms with E-state index in [0.717, 1.165) is 31.2 Å². The number of carbonyl (C=O) groups is 1. The number of halogens is 1. The number of amides is 1. The van der Waals surface area contributed by atoms with Crippen molar-refractivity contribution in [3.05, 3.63) is 50.9 Å². The van der Waals surface area contributed by atoms with Gasteiger partial charge in [0.05, 0.1) is 23.4 Å². The number of ether oxygens (including phenoxy) is 1. The molecule has 1 aromatic carbocycles. The highest BCUT2D eigenvalue weighted by molar-refractivity contribution is 7.99. The predicted octanol–water partition coefficient (Wildman–Crippen LogP) is 3.32. The van der Waals surface area contributed by atoms with Crippen molar-refractivity contribution in [2.75, 3.05) is 26.0 Å². The summed E-state index contributed by atoms with van der Waals surface area (Å²) in [6.45, 7) is 0.854. The van der Waals surface area contributed by atoms with Crippen molar-refractivity contribution in [2.45, 2.75) is 30.8 Å². The molecule has 2 heterocycles. The monoisotopic (exact) mass is 447 g/mol. The SMILES string of the molecule is COCCNC(=O)CSc1nc2sc3c(c2c(=O)n1-c1ccc(F)cc1)CCCC3. The fourth-order valence-corrected chi connectivity index (χ4v) is 5.72. The highest BCUT2D eigenvalue weighted by Crippen LogP contribution is 2.35. The van der Waals surface area contributed by atoms with E-state index in [1.807, 2.05) is 0 Å². The lowest BCUT2D eigenvalue weighted by Gasteiger charge is -2.13. The van der Waals surface area contributed by atoms with Gasteiger partial charge in [-0.2, -0.15) is 0 Å². The number of nitrogens with one attached hydrogen (secondary N) is 1. The Kier molecular flexibility index (Phi) is 6.50. The Morgan fingerprint density at radius 1 is 1.30 bits per heavy atom. The lowest BCUT2D eigenvalue weighted by molar-refractivity contribution is -0.118. The van der Waals surface area contributed by atoms with Gasteiger partial charge in [0.2, 0.25) is 5.91 Å². The molecule has 1 aliphatic carbocycles. The first-order valence-electron chi connectivity index (χ1n) is 9.80. The number of aryl methyl sites for hydroxylation is 2. The summed E-state index contributed by atoms with van der Waals surface area (Å²) in [7, 11) is 1.57. The minimum atomic E-state index is -0.375. The fraction of sp³-hybridized carbons (Fsp3) is 0.381. The molecule has 0 radical (unpaired) electrons. The van der Waals surface area contributed by atoms with Crippen molar-refractivity contribution in [1.29, 1.82) is 0 Å². The van der Waals surface area contributed by atoms with Crippen LogP contribution in [-0.2, 0) is 22.4 Å². The molecule has 0 saturated heterocycles. The van der Waals surface area contributed by atoms with Crippen LogP contribution in [0.1, 0.15) is 23.3 Å². The number of hydrogen-bond donors (Lipinski definition) is 1. The third-order valence-electron chi connectivity index (χ3n) is 5.00. The molecule has 0 unspecified atom stereocenters. The topological polar surface area (TPSA) is 73.2 Å². The Labute approximate surface area is 181 Å². The molecular weight excluding hydrogens is 425 g/mol. The smallest absolute Gasteiger partial charge is 0.267 e. The summed E-state index contributed by atoms with van der Waals surface area (Å²) >= 11 is 2.77. The van der Waals surface area contributed by atoms with Crippen LogP contribution in [0.4, 0.5) is 4.39 Å². The van der Waals surface area contributed by atoms with E-state index < -0.39 is 0 Å². The molecule has 30 heavy (non-hydrogen) atoms. The third kappa shape index (κ3) is 4.28. The average Bonchev–Trinajstić information content (AvgIpc) is 3.12. The van der Waals surface area contributed by atoms with E-state index in [-0.39, 0.29) is 23.0 Å². The van der Waals surface area contributed by atoms with E-state index in [0.29, 0.717) is 34.2 Å². The van der Waals surface area contributed by atoms with Crippen LogP contribution in [0.15, 0.2) is 34.2 Å². The van der Waals surface area contributed by atoms with Crippen LogP contribution in [0.25, 0.3) is 15.9 Å². The maximum absolute atomic E-state index is 13.5. The first kappa shape index (κ1) is 21.0. The second-order valence-electron chi connectivity index (χ2n) is 7.03. The van der Waals surface area contributed by atoms with Crippen LogP contribution < -0.4 is 10.9 Å². The zero-order valence-corrected chi connectivity index (χ0v) is 18.2. The molecule has 9 heteroatoms. The fourth-order valence-electron chi connectivity index (χ4n) is 3.57. The minimum Gasteiger partial charge on any atom is -0.383 e. The van der Waals surface area contributed by atoms with Crippen molar-refractivity contribution in [3.8, 4) is 5.69 Å². The van der Waals surface area contributed by atoms with Gasteiger partial charge in [0.25, 0.3) is 5.56 Å². The Bertz CT molecular complexity index is 1130. The Morgan fingerprint density at radius 3 is 2.83 bits per heavy atom. The molecule has 2 aromatic heterocycles. The van der Waals surface area contributed by atoms with Crippen molar-refractivity contribution < 1.29 is 13.9 Å². The average molecular weight is 448 g/mol. The Morgan fingerprint density at radius 2 is 2.07 bits per heavy atom. The second-order valence-corrected chi connectivity index (χ2v) is 9.06. The van der Waals surface area contributed by atoms with E-state index >= 15 is 0 Å². The molecular formula is C21H22FN3O3S2. The third-order valence-corrected chi connectivity index (χ3v) is 7.13. The standard InChI is InChI=1S/C21H22FN3O3S2/c1-28-11-10-23-17(26)12-29-21-24-19-18(15-4-2-3-5-16(15)30-19)20(27)25(21)14-8-6-13(22)7-9-14/h6-9H,2-5,10-12H2,1H3,(H,23,26). The Hall–Kier alpha value is -2.23. The number of thioether (sulfide) groups is 1. The van der Waals surface area contributed by atoms with Crippen molar-refractivity contribution in [3.63, 3.8) is 0 Å². The van der Waals surface area contributed by atoms with E-state index in [1.165, 1.54) is 33.3 Å². The van der Waals surface area contributed by atoms with Gasteiger partial charge in [0, 0.05) is 18.5 Å². The normalized spacial score (nSPS) is 13.4. The summed E-state index contributed by atoms with van der Waals surface area (Å²) in [5.74, 6) is -0.420. The summed E-state index contributed by atoms with van der Waals surface area (Å²) in [4.78, 5) is 32.4. The summed E-state index contributed by atoms with van der Waals surface area (Å²) < 4.78 is 19.9. The number of methoxy groups -OCH3 is 1. The number of thiophene rings is 1. The highest BCUT2D eigenvalue weighted by Gasteiger charge is 2.23. The van der Waals surface area contributed by atoms with Gasteiger partial charge in [-0.1, -0.05) is 11.8 Å². The highest BCUT2D eigenvalue weighted by atomic mass is 32.2. The van der Waals surface area contributed by atoms with E-state index in [4.69, 9.17) is 9.72 Å². The molecule has 1 aliphatic rings. The van der Waals surface area contributed by atoms with Gasteiger partial charge in [0.1, 0.15) is 10.6 Å². The van der Waals surface area contributed by atoms with Crippen molar-refractivity contribution in [1.82, 2.24) is 14.9 Å². The van der Waals surface area contributed by atoms with Gasteiger partial charge < -0.3 is 10.1 Å². The summed E-state index contributed by atoms with van der Waals surface area (Å²) in [5, 5.41) is 3.86. The predicted molar refractivity (Wildman–Crippen MR) is 117 cm³/mol. The van der Waals surface area contributed by atoms with Crippen LogP contribution in [0.3, 0.4) is 0 Å². The maximum Gasteiger partial charge on any atom is 0.267 e. The number of benzene rings is 1. The van der Waals surface area contributed by atoms with Gasteiger partial charge >= 0.3 is 0 Å². The summed E-state index contributed by atoms with van der Waals surface area (Å²) in [6.07, 6.45) is 4.03. The molecule has 0 aliphatic heterocycles. The van der Waals surface area contributed by atoms with Crippen LogP contribution in [-0.4, -0.2) is 41.5 Å². The van der Waals surface area contributed by atoms with E-state index in [1.54, 1.807) is 30.6 Å². The van der Waals surface area contributed by atoms with E-state index in [9.17, 15) is 14.0 Å². The molecule has 1 N–H and O–H groups in total. The first-order chi connectivity index (χ1) is 14.6. The van der Waals surface area contributed by atoms with Gasteiger partial charge in [-0.25, -0.2) is 9.37 Å². The quantitative estimate of drug-likeness (QED) is 0.342. The van der Waals surface area contributed by atoms with Crippen LogP contribution >= 0.6 is 23.1 Å². The molecule has 0 saturated carbocycles. The molecule has 3 aromatic rings. The number of fused-ring (bicyclic) bond motifs is 3. The number of aromatic nitrogens is 2. The van der Waals surface area contributed by atoms with Crippen LogP contribution in [0.5, 0.6) is 0 Å².